The van der Waals surface area contributed by atoms with E-state index >= 15 is 0 Å². The topological polar surface area (TPSA) is 32.8 Å². The average Bonchev–Trinajstić information content (AvgIpc) is 3.17. The molecule has 1 amide bonds. The first kappa shape index (κ1) is 23.1. The molecule has 2 aromatic carbocycles. The normalized spacial score (nSPS) is 18.5. The number of rotatable bonds is 6. The predicted molar refractivity (Wildman–Crippen MR) is 130 cm³/mol. The highest BCUT2D eigenvalue weighted by molar-refractivity contribution is 6.31. The van der Waals surface area contributed by atoms with Gasteiger partial charge in [-0.15, -0.1) is 0 Å². The van der Waals surface area contributed by atoms with Gasteiger partial charge in [-0.2, -0.15) is 0 Å². The number of halogens is 1. The molecule has 4 rings (SSSR count). The summed E-state index contributed by atoms with van der Waals surface area (Å²) in [7, 11) is 0. The maximum atomic E-state index is 13.1. The van der Waals surface area contributed by atoms with Gasteiger partial charge in [-0.1, -0.05) is 49.7 Å². The molecule has 2 heterocycles. The van der Waals surface area contributed by atoms with Crippen molar-refractivity contribution in [3.05, 3.63) is 64.2 Å². The highest BCUT2D eigenvalue weighted by Gasteiger charge is 2.41. The predicted octanol–water partition coefficient (Wildman–Crippen LogP) is 5.81. The van der Waals surface area contributed by atoms with Gasteiger partial charge in [0.15, 0.2) is 0 Å². The zero-order chi connectivity index (χ0) is 22.7. The molecule has 0 saturated carbocycles. The van der Waals surface area contributed by atoms with Crippen molar-refractivity contribution in [1.29, 1.82) is 0 Å². The van der Waals surface area contributed by atoms with Crippen LogP contribution in [0.3, 0.4) is 0 Å². The van der Waals surface area contributed by atoms with Crippen molar-refractivity contribution >= 4 is 17.5 Å². The SMILES string of the molecule is Cc1c(Cl)cccc1C(=O)N1CCC2(CCN(Cc3ccccc3OCC(C)C)C2)CC1. The molecule has 1 spiro atoms. The van der Waals surface area contributed by atoms with Gasteiger partial charge >= 0.3 is 0 Å². The largest absolute Gasteiger partial charge is 0.493 e. The Labute approximate surface area is 197 Å². The van der Waals surface area contributed by atoms with Crippen molar-refractivity contribution in [3.63, 3.8) is 0 Å². The van der Waals surface area contributed by atoms with Gasteiger partial charge in [0.25, 0.3) is 5.91 Å². The van der Waals surface area contributed by atoms with Crippen LogP contribution in [0, 0.1) is 18.3 Å². The van der Waals surface area contributed by atoms with Crippen molar-refractivity contribution in [2.75, 3.05) is 32.8 Å². The Morgan fingerprint density at radius 1 is 1.06 bits per heavy atom. The van der Waals surface area contributed by atoms with E-state index in [1.807, 2.05) is 30.0 Å². The lowest BCUT2D eigenvalue weighted by Crippen LogP contribution is -2.44. The molecular formula is C27H35ClN2O2. The Hall–Kier alpha value is -2.04. The van der Waals surface area contributed by atoms with Gasteiger partial charge in [-0.25, -0.2) is 0 Å². The number of carbonyl (C=O) groups excluding carboxylic acids is 1. The lowest BCUT2D eigenvalue weighted by Gasteiger charge is -2.39. The van der Waals surface area contributed by atoms with E-state index in [1.165, 1.54) is 12.0 Å². The molecule has 2 fully saturated rings. The highest BCUT2D eigenvalue weighted by Crippen LogP contribution is 2.41. The number of nitrogens with zero attached hydrogens (tertiary/aromatic N) is 2. The molecule has 172 valence electrons. The Bertz CT molecular complexity index is 950. The summed E-state index contributed by atoms with van der Waals surface area (Å²) in [6.45, 7) is 11.8. The van der Waals surface area contributed by atoms with Gasteiger partial charge in [-0.05, 0) is 67.8 Å². The van der Waals surface area contributed by atoms with Gasteiger partial charge in [0.2, 0.25) is 0 Å². The monoisotopic (exact) mass is 454 g/mol. The van der Waals surface area contributed by atoms with E-state index in [2.05, 4.69) is 43.0 Å². The summed E-state index contributed by atoms with van der Waals surface area (Å²) in [6, 6.07) is 14.0. The van der Waals surface area contributed by atoms with Crippen molar-refractivity contribution in [2.45, 2.75) is 46.6 Å². The average molecular weight is 455 g/mol. The van der Waals surface area contributed by atoms with Crippen LogP contribution in [0.25, 0.3) is 0 Å². The van der Waals surface area contributed by atoms with Crippen LogP contribution in [0.5, 0.6) is 5.75 Å². The molecule has 0 N–H and O–H groups in total. The van der Waals surface area contributed by atoms with Gasteiger partial charge in [-0.3, -0.25) is 9.69 Å². The molecule has 0 aromatic heterocycles. The molecule has 0 radical (unpaired) electrons. The molecule has 0 aliphatic carbocycles. The maximum Gasteiger partial charge on any atom is 0.254 e. The molecule has 2 aliphatic heterocycles. The summed E-state index contributed by atoms with van der Waals surface area (Å²) in [5.74, 6) is 1.65. The quantitative estimate of drug-likeness (QED) is 0.552. The summed E-state index contributed by atoms with van der Waals surface area (Å²) in [4.78, 5) is 17.7. The smallest absolute Gasteiger partial charge is 0.254 e. The minimum Gasteiger partial charge on any atom is -0.493 e. The fourth-order valence-corrected chi connectivity index (χ4v) is 5.21. The third kappa shape index (κ3) is 5.13. The molecule has 2 aliphatic rings. The van der Waals surface area contributed by atoms with E-state index in [0.717, 1.165) is 69.0 Å². The van der Waals surface area contributed by atoms with Gasteiger partial charge in [0, 0.05) is 42.3 Å². The van der Waals surface area contributed by atoms with Crippen molar-refractivity contribution in [1.82, 2.24) is 9.80 Å². The molecular weight excluding hydrogens is 420 g/mol. The van der Waals surface area contributed by atoms with Crippen LogP contribution in [0.1, 0.15) is 54.6 Å². The number of benzene rings is 2. The number of ether oxygens (including phenoxy) is 1. The first-order valence-electron chi connectivity index (χ1n) is 11.8. The highest BCUT2D eigenvalue weighted by atomic mass is 35.5. The third-order valence-corrected chi connectivity index (χ3v) is 7.47. The number of hydrogen-bond donors (Lipinski definition) is 0. The van der Waals surface area contributed by atoms with E-state index in [-0.39, 0.29) is 5.91 Å². The van der Waals surface area contributed by atoms with Gasteiger partial charge < -0.3 is 9.64 Å². The van der Waals surface area contributed by atoms with Crippen LogP contribution in [-0.4, -0.2) is 48.5 Å². The molecule has 2 saturated heterocycles. The number of piperidine rings is 1. The maximum absolute atomic E-state index is 13.1. The second kappa shape index (κ2) is 9.84. The Morgan fingerprint density at radius 2 is 1.78 bits per heavy atom. The molecule has 2 aromatic rings. The van der Waals surface area contributed by atoms with Crippen LogP contribution >= 0.6 is 11.6 Å². The summed E-state index contributed by atoms with van der Waals surface area (Å²) >= 11 is 6.24. The minimum absolute atomic E-state index is 0.117. The van der Waals surface area contributed by atoms with Crippen molar-refractivity contribution in [2.24, 2.45) is 11.3 Å². The van der Waals surface area contributed by atoms with Crippen LogP contribution < -0.4 is 4.74 Å². The standard InChI is InChI=1S/C27H35ClN2O2/c1-20(2)18-32-25-10-5-4-7-22(25)17-29-14-11-27(19-29)12-15-30(16-13-27)26(31)23-8-6-9-24(28)21(23)3/h4-10,20H,11-19H2,1-3H3. The van der Waals surface area contributed by atoms with E-state index in [1.54, 1.807) is 0 Å². The Kier molecular flexibility index (Phi) is 7.11. The number of carbonyl (C=O) groups is 1. The second-order valence-electron chi connectivity index (χ2n) is 9.98. The fourth-order valence-electron chi connectivity index (χ4n) is 5.04. The van der Waals surface area contributed by atoms with Crippen LogP contribution in [-0.2, 0) is 6.54 Å². The summed E-state index contributed by atoms with van der Waals surface area (Å²) in [5, 5.41) is 0.661. The first-order valence-corrected chi connectivity index (χ1v) is 12.2. The van der Waals surface area contributed by atoms with E-state index in [4.69, 9.17) is 16.3 Å². The zero-order valence-corrected chi connectivity index (χ0v) is 20.3. The zero-order valence-electron chi connectivity index (χ0n) is 19.6. The van der Waals surface area contributed by atoms with Gasteiger partial charge in [0.1, 0.15) is 5.75 Å². The fraction of sp³-hybridized carbons (Fsp3) is 0.519. The number of para-hydroxylation sites is 1. The number of amides is 1. The van der Waals surface area contributed by atoms with Crippen molar-refractivity contribution in [3.8, 4) is 5.75 Å². The van der Waals surface area contributed by atoms with Crippen molar-refractivity contribution < 1.29 is 9.53 Å². The van der Waals surface area contributed by atoms with E-state index in [9.17, 15) is 4.79 Å². The molecule has 0 atom stereocenters. The summed E-state index contributed by atoms with van der Waals surface area (Å²) in [6.07, 6.45) is 3.35. The molecule has 32 heavy (non-hydrogen) atoms. The van der Waals surface area contributed by atoms with Crippen LogP contribution in [0.2, 0.25) is 5.02 Å². The molecule has 4 nitrogen and oxygen atoms in total. The number of likely N-dealkylation sites (tertiary alicyclic amines) is 2. The summed E-state index contributed by atoms with van der Waals surface area (Å²) in [5.41, 5.74) is 3.21. The number of hydrogen-bond acceptors (Lipinski definition) is 3. The minimum atomic E-state index is 0.117. The lowest BCUT2D eigenvalue weighted by atomic mass is 9.77. The first-order chi connectivity index (χ1) is 15.4. The lowest BCUT2D eigenvalue weighted by molar-refractivity contribution is 0.0587. The van der Waals surface area contributed by atoms with Crippen LogP contribution in [0.15, 0.2) is 42.5 Å². The Morgan fingerprint density at radius 3 is 2.53 bits per heavy atom. The third-order valence-electron chi connectivity index (χ3n) is 7.07. The van der Waals surface area contributed by atoms with Crippen LogP contribution in [0.4, 0.5) is 0 Å². The molecule has 5 heteroatoms. The van der Waals surface area contributed by atoms with E-state index in [0.29, 0.717) is 16.4 Å². The second-order valence-corrected chi connectivity index (χ2v) is 10.4. The Balaban J connectivity index is 1.35. The van der Waals surface area contributed by atoms with E-state index < -0.39 is 0 Å². The summed E-state index contributed by atoms with van der Waals surface area (Å²) < 4.78 is 6.07. The van der Waals surface area contributed by atoms with Gasteiger partial charge in [0.05, 0.1) is 6.61 Å². The molecule has 0 unspecified atom stereocenters. The molecule has 0 bridgehead atoms.